The third kappa shape index (κ3) is 8.28. The van der Waals surface area contributed by atoms with Crippen LogP contribution in [0.4, 0.5) is 5.69 Å². The van der Waals surface area contributed by atoms with Gasteiger partial charge in [0.25, 0.3) is 0 Å². The van der Waals surface area contributed by atoms with Crippen LogP contribution >= 0.6 is 0 Å². The first-order chi connectivity index (χ1) is 11.5. The molecular weight excluding hydrogens is 310 g/mol. The van der Waals surface area contributed by atoms with Crippen molar-refractivity contribution in [3.63, 3.8) is 0 Å². The zero-order valence-electron chi connectivity index (χ0n) is 13.9. The van der Waals surface area contributed by atoms with Crippen molar-refractivity contribution in [3.8, 4) is 0 Å². The van der Waals surface area contributed by atoms with Crippen molar-refractivity contribution in [1.82, 2.24) is 10.8 Å². The minimum Gasteiger partial charge on any atom is -0.359 e. The van der Waals surface area contributed by atoms with E-state index >= 15 is 0 Å². The predicted octanol–water partition coefficient (Wildman–Crippen LogP) is 1.76. The molecule has 0 aliphatic rings. The van der Waals surface area contributed by atoms with Crippen molar-refractivity contribution in [2.45, 2.75) is 44.9 Å². The fourth-order valence-electron chi connectivity index (χ4n) is 2.18. The summed E-state index contributed by atoms with van der Waals surface area (Å²) in [5.41, 5.74) is 3.40. The van der Waals surface area contributed by atoms with Crippen molar-refractivity contribution >= 4 is 23.4 Å². The van der Waals surface area contributed by atoms with Crippen molar-refractivity contribution in [2.75, 3.05) is 12.4 Å². The van der Waals surface area contributed by atoms with Gasteiger partial charge in [0.05, 0.1) is 0 Å². The van der Waals surface area contributed by atoms with E-state index in [9.17, 15) is 14.4 Å². The van der Waals surface area contributed by atoms with E-state index < -0.39 is 5.91 Å². The fraction of sp³-hybridized carbons (Fsp3) is 0.471. The number of nitrogens with one attached hydrogen (secondary N) is 3. The number of hydroxylamine groups is 1. The van der Waals surface area contributed by atoms with Crippen LogP contribution < -0.4 is 16.1 Å². The van der Waals surface area contributed by atoms with E-state index in [0.29, 0.717) is 25.7 Å². The SMILES string of the molecule is CNC(=O)CCCc1ccc(NC(=O)CCCCC(=O)NO)cc1. The summed E-state index contributed by atoms with van der Waals surface area (Å²) in [5.74, 6) is -0.510. The summed E-state index contributed by atoms with van der Waals surface area (Å²) in [4.78, 5) is 33.8. The smallest absolute Gasteiger partial charge is 0.243 e. The summed E-state index contributed by atoms with van der Waals surface area (Å²) in [5, 5.41) is 13.7. The van der Waals surface area contributed by atoms with Gasteiger partial charge in [0, 0.05) is 32.0 Å². The summed E-state index contributed by atoms with van der Waals surface area (Å²) >= 11 is 0. The Morgan fingerprint density at radius 3 is 2.04 bits per heavy atom. The number of carbonyl (C=O) groups excluding carboxylic acids is 3. The number of hydrogen-bond donors (Lipinski definition) is 4. The van der Waals surface area contributed by atoms with Gasteiger partial charge in [-0.15, -0.1) is 0 Å². The number of amides is 3. The second-order valence-corrected chi connectivity index (χ2v) is 5.51. The highest BCUT2D eigenvalue weighted by molar-refractivity contribution is 5.90. The number of aryl methyl sites for hydroxylation is 1. The zero-order chi connectivity index (χ0) is 17.8. The summed E-state index contributed by atoms with van der Waals surface area (Å²) in [6, 6.07) is 7.55. The predicted molar refractivity (Wildman–Crippen MR) is 90.5 cm³/mol. The summed E-state index contributed by atoms with van der Waals surface area (Å²) in [6.07, 6.45) is 3.76. The van der Waals surface area contributed by atoms with Crippen molar-refractivity contribution in [1.29, 1.82) is 0 Å². The zero-order valence-corrected chi connectivity index (χ0v) is 13.9. The van der Waals surface area contributed by atoms with Crippen LogP contribution in [-0.4, -0.2) is 30.0 Å². The molecular formula is C17H25N3O4. The molecule has 132 valence electrons. The average molecular weight is 335 g/mol. The molecule has 24 heavy (non-hydrogen) atoms. The van der Waals surface area contributed by atoms with E-state index in [1.54, 1.807) is 12.5 Å². The first-order valence-corrected chi connectivity index (χ1v) is 8.07. The molecule has 0 unspecified atom stereocenters. The van der Waals surface area contributed by atoms with Gasteiger partial charge in [-0.25, -0.2) is 5.48 Å². The van der Waals surface area contributed by atoms with Gasteiger partial charge in [0.15, 0.2) is 0 Å². The van der Waals surface area contributed by atoms with Gasteiger partial charge in [0.2, 0.25) is 17.7 Å². The third-order valence-electron chi connectivity index (χ3n) is 3.57. The Kier molecular flexibility index (Phi) is 9.14. The van der Waals surface area contributed by atoms with Crippen LogP contribution in [0.25, 0.3) is 0 Å². The molecule has 0 fully saturated rings. The average Bonchev–Trinajstić information content (AvgIpc) is 2.59. The maximum atomic E-state index is 11.8. The Hall–Kier alpha value is -2.41. The molecule has 0 aliphatic carbocycles. The van der Waals surface area contributed by atoms with Crippen LogP contribution in [0.5, 0.6) is 0 Å². The molecule has 0 saturated carbocycles. The van der Waals surface area contributed by atoms with Crippen molar-refractivity contribution in [3.05, 3.63) is 29.8 Å². The standard InChI is InChI=1S/C17H25N3O4/c1-18-15(21)8-4-5-13-9-11-14(12-10-13)19-16(22)6-2-3-7-17(23)20-24/h9-12,24H,2-8H2,1H3,(H,18,21)(H,19,22)(H,20,23). The molecule has 7 nitrogen and oxygen atoms in total. The Bertz CT molecular complexity index is 543. The first kappa shape index (κ1) is 19.6. The lowest BCUT2D eigenvalue weighted by atomic mass is 10.1. The minimum absolute atomic E-state index is 0.0374. The van der Waals surface area contributed by atoms with Crippen molar-refractivity contribution < 1.29 is 19.6 Å². The lowest BCUT2D eigenvalue weighted by Gasteiger charge is -2.07. The molecule has 0 spiro atoms. The lowest BCUT2D eigenvalue weighted by Crippen LogP contribution is -2.18. The van der Waals surface area contributed by atoms with Gasteiger partial charge in [-0.2, -0.15) is 0 Å². The van der Waals surface area contributed by atoms with Crippen LogP contribution in [0.15, 0.2) is 24.3 Å². The van der Waals surface area contributed by atoms with Crippen molar-refractivity contribution in [2.24, 2.45) is 0 Å². The molecule has 0 saturated heterocycles. The second-order valence-electron chi connectivity index (χ2n) is 5.51. The molecule has 0 atom stereocenters. The number of rotatable bonds is 10. The largest absolute Gasteiger partial charge is 0.359 e. The van der Waals surface area contributed by atoms with Gasteiger partial charge >= 0.3 is 0 Å². The van der Waals surface area contributed by atoms with Gasteiger partial charge in [-0.05, 0) is 43.4 Å². The molecule has 1 aromatic carbocycles. The molecule has 0 heterocycles. The molecule has 1 rings (SSSR count). The van der Waals surface area contributed by atoms with Crippen LogP contribution in [0.2, 0.25) is 0 Å². The number of hydrogen-bond acceptors (Lipinski definition) is 4. The van der Waals surface area contributed by atoms with Gasteiger partial charge in [0.1, 0.15) is 0 Å². The fourth-order valence-corrected chi connectivity index (χ4v) is 2.18. The van der Waals surface area contributed by atoms with Gasteiger partial charge in [-0.1, -0.05) is 12.1 Å². The maximum Gasteiger partial charge on any atom is 0.243 e. The molecule has 7 heteroatoms. The Balaban J connectivity index is 2.26. The van der Waals surface area contributed by atoms with Crippen LogP contribution in [0.3, 0.4) is 0 Å². The number of benzene rings is 1. The molecule has 0 aliphatic heterocycles. The molecule has 0 radical (unpaired) electrons. The Morgan fingerprint density at radius 2 is 1.46 bits per heavy atom. The monoisotopic (exact) mass is 335 g/mol. The van der Waals surface area contributed by atoms with Crippen LogP contribution in [0, 0.1) is 0 Å². The molecule has 4 N–H and O–H groups in total. The first-order valence-electron chi connectivity index (χ1n) is 8.07. The quantitative estimate of drug-likeness (QED) is 0.297. The minimum atomic E-state index is -0.442. The van der Waals surface area contributed by atoms with Gasteiger partial charge < -0.3 is 10.6 Å². The van der Waals surface area contributed by atoms with E-state index in [4.69, 9.17) is 5.21 Å². The van der Waals surface area contributed by atoms with Gasteiger partial charge in [-0.3, -0.25) is 19.6 Å². The normalized spacial score (nSPS) is 10.1. The number of anilines is 1. The van der Waals surface area contributed by atoms with Crippen LogP contribution in [-0.2, 0) is 20.8 Å². The topological polar surface area (TPSA) is 108 Å². The third-order valence-corrected chi connectivity index (χ3v) is 3.57. The van der Waals surface area contributed by atoms with E-state index in [-0.39, 0.29) is 18.2 Å². The summed E-state index contributed by atoms with van der Waals surface area (Å²) in [6.45, 7) is 0. The summed E-state index contributed by atoms with van der Waals surface area (Å²) < 4.78 is 0. The highest BCUT2D eigenvalue weighted by Crippen LogP contribution is 2.13. The van der Waals surface area contributed by atoms with Crippen LogP contribution in [0.1, 0.15) is 44.1 Å². The Morgan fingerprint density at radius 1 is 0.875 bits per heavy atom. The maximum absolute atomic E-state index is 11.8. The highest BCUT2D eigenvalue weighted by atomic mass is 16.5. The molecule has 0 bridgehead atoms. The lowest BCUT2D eigenvalue weighted by molar-refractivity contribution is -0.129. The number of unbranched alkanes of at least 4 members (excludes halogenated alkanes) is 1. The molecule has 1 aromatic rings. The van der Waals surface area contributed by atoms with E-state index in [2.05, 4.69) is 10.6 Å². The highest BCUT2D eigenvalue weighted by Gasteiger charge is 2.05. The summed E-state index contributed by atoms with van der Waals surface area (Å²) in [7, 11) is 1.63. The van der Waals surface area contributed by atoms with E-state index in [1.165, 1.54) is 0 Å². The second kappa shape index (κ2) is 11.2. The number of carbonyl (C=O) groups is 3. The molecule has 0 aromatic heterocycles. The van der Waals surface area contributed by atoms with E-state index in [1.807, 2.05) is 24.3 Å². The Labute approximate surface area is 141 Å². The molecule has 3 amide bonds. The van der Waals surface area contributed by atoms with E-state index in [0.717, 1.165) is 24.1 Å².